The summed E-state index contributed by atoms with van der Waals surface area (Å²) in [6, 6.07) is 14.2. The van der Waals surface area contributed by atoms with Crippen molar-refractivity contribution in [3.05, 3.63) is 59.7 Å². The van der Waals surface area contributed by atoms with Crippen LogP contribution in [-0.4, -0.2) is 25.0 Å². The molecule has 2 aromatic carbocycles. The van der Waals surface area contributed by atoms with E-state index in [1.54, 1.807) is 6.92 Å². The average Bonchev–Trinajstić information content (AvgIpc) is 2.50. The Morgan fingerprint density at radius 2 is 1.60 bits per heavy atom. The van der Waals surface area contributed by atoms with E-state index in [1.165, 1.54) is 6.08 Å². The second-order valence-corrected chi connectivity index (χ2v) is 10.1. The maximum atomic E-state index is 11.3. The van der Waals surface area contributed by atoms with E-state index in [1.807, 2.05) is 36.4 Å². The predicted octanol–water partition coefficient (Wildman–Crippen LogP) is 3.79. The first-order valence-corrected chi connectivity index (χ1v) is 11.2. The van der Waals surface area contributed by atoms with Gasteiger partial charge in [0, 0.05) is 0 Å². The third kappa shape index (κ3) is 5.89. The first kappa shape index (κ1) is 20.1. The van der Waals surface area contributed by atoms with Gasteiger partial charge in [-0.3, -0.25) is 9.13 Å². The molecule has 6 nitrogen and oxygen atoms in total. The topological polar surface area (TPSA) is 115 Å². The van der Waals surface area contributed by atoms with Crippen molar-refractivity contribution in [1.82, 2.24) is 0 Å². The molecule has 0 aliphatic carbocycles. The summed E-state index contributed by atoms with van der Waals surface area (Å²) in [6.45, 7) is 1.79. The molecule has 0 bridgehead atoms. The van der Waals surface area contributed by atoms with Crippen LogP contribution >= 0.6 is 15.2 Å². The highest BCUT2D eigenvalue weighted by Gasteiger charge is 2.42. The lowest BCUT2D eigenvalue weighted by molar-refractivity contribution is 0.338. The highest BCUT2D eigenvalue weighted by atomic mass is 31.2. The van der Waals surface area contributed by atoms with Gasteiger partial charge in [0.15, 0.2) is 5.40 Å². The van der Waals surface area contributed by atoms with Crippen LogP contribution in [-0.2, 0) is 15.6 Å². The molecular formula is C17H22O6P2. The third-order valence-corrected chi connectivity index (χ3v) is 7.86. The van der Waals surface area contributed by atoms with E-state index < -0.39 is 20.6 Å². The lowest BCUT2D eigenvalue weighted by Crippen LogP contribution is -2.08. The van der Waals surface area contributed by atoms with Gasteiger partial charge in [-0.15, -0.1) is 0 Å². The van der Waals surface area contributed by atoms with Gasteiger partial charge in [-0.1, -0.05) is 54.1 Å². The molecule has 0 spiro atoms. The van der Waals surface area contributed by atoms with Crippen molar-refractivity contribution in [2.75, 3.05) is 0 Å². The van der Waals surface area contributed by atoms with Gasteiger partial charge in [0.2, 0.25) is 0 Å². The molecule has 0 unspecified atom stereocenters. The van der Waals surface area contributed by atoms with E-state index in [-0.39, 0.29) is 6.42 Å². The van der Waals surface area contributed by atoms with Gasteiger partial charge in [-0.05, 0) is 42.5 Å². The van der Waals surface area contributed by atoms with Crippen LogP contribution in [0.3, 0.4) is 0 Å². The zero-order valence-corrected chi connectivity index (χ0v) is 15.6. The fourth-order valence-electron chi connectivity index (χ4n) is 2.62. The number of hydrogen-bond acceptors (Lipinski definition) is 2. The maximum absolute atomic E-state index is 11.3. The van der Waals surface area contributed by atoms with Crippen molar-refractivity contribution >= 4 is 26.0 Å². The van der Waals surface area contributed by atoms with E-state index in [0.717, 1.165) is 28.3 Å². The van der Waals surface area contributed by atoms with E-state index in [2.05, 4.69) is 6.07 Å². The van der Waals surface area contributed by atoms with Gasteiger partial charge in [0.25, 0.3) is 0 Å². The molecule has 0 aliphatic heterocycles. The summed E-state index contributed by atoms with van der Waals surface area (Å²) in [6.07, 6.45) is 2.54. The number of fused-ring (bicyclic) bond motifs is 1. The Hall–Kier alpha value is -1.26. The molecule has 0 radical (unpaired) electrons. The van der Waals surface area contributed by atoms with Crippen LogP contribution in [0.1, 0.15) is 25.3 Å². The summed E-state index contributed by atoms with van der Waals surface area (Å²) < 4.78 is 22.5. The number of rotatable bonds is 7. The van der Waals surface area contributed by atoms with E-state index in [4.69, 9.17) is 19.6 Å². The molecule has 0 saturated carbocycles. The molecule has 0 heterocycles. The molecule has 8 heteroatoms. The molecule has 136 valence electrons. The van der Waals surface area contributed by atoms with E-state index >= 15 is 0 Å². The normalized spacial score (nSPS) is 13.6. The van der Waals surface area contributed by atoms with Gasteiger partial charge in [-0.2, -0.15) is 0 Å². The van der Waals surface area contributed by atoms with Crippen LogP contribution in [0.5, 0.6) is 0 Å². The van der Waals surface area contributed by atoms with Gasteiger partial charge in [-0.25, -0.2) is 0 Å². The molecular weight excluding hydrogens is 362 g/mol. The van der Waals surface area contributed by atoms with Gasteiger partial charge >= 0.3 is 15.2 Å². The van der Waals surface area contributed by atoms with Crippen LogP contribution in [0.4, 0.5) is 0 Å². The SMILES string of the molecule is C/C(=C\CC(P(=O)(O)O)P(=O)(O)O)CCc1ccc2ccccc2c1. The highest BCUT2D eigenvalue weighted by molar-refractivity contribution is 7.70. The summed E-state index contributed by atoms with van der Waals surface area (Å²) in [5.41, 5.74) is 1.97. The Morgan fingerprint density at radius 1 is 1.00 bits per heavy atom. The number of benzene rings is 2. The zero-order chi connectivity index (χ0) is 18.7. The Kier molecular flexibility index (Phi) is 6.39. The smallest absolute Gasteiger partial charge is 0.324 e. The standard InChI is InChI=1S/C17H22O6P2/c1-13(7-11-17(24(18,19)20)25(21,22)23)6-8-14-9-10-15-4-2-3-5-16(15)12-14/h2-5,7,9-10,12,17H,6,8,11H2,1H3,(H2,18,19,20)(H2,21,22,23)/b13-7+. The second kappa shape index (κ2) is 7.96. The number of hydrogen-bond donors (Lipinski definition) is 4. The first-order valence-electron chi connectivity index (χ1n) is 7.81. The van der Waals surface area contributed by atoms with Gasteiger partial charge in [0.1, 0.15) is 0 Å². The van der Waals surface area contributed by atoms with Crippen molar-refractivity contribution in [3.8, 4) is 0 Å². The minimum atomic E-state index is -4.87. The van der Waals surface area contributed by atoms with Crippen LogP contribution in [0.2, 0.25) is 0 Å². The Morgan fingerprint density at radius 3 is 2.20 bits per heavy atom. The summed E-state index contributed by atoms with van der Waals surface area (Å²) >= 11 is 0. The molecule has 0 saturated heterocycles. The molecule has 4 N–H and O–H groups in total. The molecule has 0 aliphatic rings. The molecule has 25 heavy (non-hydrogen) atoms. The zero-order valence-electron chi connectivity index (χ0n) is 13.8. The van der Waals surface area contributed by atoms with Gasteiger partial charge < -0.3 is 19.6 Å². The van der Waals surface area contributed by atoms with Crippen LogP contribution in [0, 0.1) is 0 Å². The van der Waals surface area contributed by atoms with E-state index in [9.17, 15) is 9.13 Å². The fourth-order valence-corrected chi connectivity index (χ4v) is 4.94. The van der Waals surface area contributed by atoms with Crippen molar-refractivity contribution in [2.45, 2.75) is 31.6 Å². The highest BCUT2D eigenvalue weighted by Crippen LogP contribution is 2.61. The minimum absolute atomic E-state index is 0.349. The maximum Gasteiger partial charge on any atom is 0.341 e. The molecule has 2 rings (SSSR count). The Bertz CT molecular complexity index is 842. The summed E-state index contributed by atoms with van der Waals surface area (Å²) in [5.74, 6) is 0. The summed E-state index contributed by atoms with van der Waals surface area (Å²) in [7, 11) is -9.73. The van der Waals surface area contributed by atoms with Crippen LogP contribution < -0.4 is 0 Å². The second-order valence-electron chi connectivity index (χ2n) is 6.13. The van der Waals surface area contributed by atoms with Crippen molar-refractivity contribution in [1.29, 1.82) is 0 Å². The van der Waals surface area contributed by atoms with E-state index in [0.29, 0.717) is 6.42 Å². The lowest BCUT2D eigenvalue weighted by atomic mass is 10.0. The van der Waals surface area contributed by atoms with Crippen molar-refractivity contribution in [2.24, 2.45) is 0 Å². The van der Waals surface area contributed by atoms with Gasteiger partial charge in [0.05, 0.1) is 0 Å². The van der Waals surface area contributed by atoms with Crippen molar-refractivity contribution in [3.63, 3.8) is 0 Å². The first-order chi connectivity index (χ1) is 11.6. The third-order valence-electron chi connectivity index (χ3n) is 4.08. The largest absolute Gasteiger partial charge is 0.341 e. The molecule has 0 amide bonds. The Balaban J connectivity index is 2.02. The summed E-state index contributed by atoms with van der Waals surface area (Å²) in [4.78, 5) is 36.5. The molecule has 2 aromatic rings. The monoisotopic (exact) mass is 384 g/mol. The number of aryl methyl sites for hydroxylation is 1. The van der Waals surface area contributed by atoms with Crippen molar-refractivity contribution < 1.29 is 28.7 Å². The number of allylic oxidation sites excluding steroid dienone is 2. The fraction of sp³-hybridized carbons (Fsp3) is 0.294. The molecule has 0 fully saturated rings. The molecule has 0 aromatic heterocycles. The lowest BCUT2D eigenvalue weighted by Gasteiger charge is -2.18. The minimum Gasteiger partial charge on any atom is -0.324 e. The quantitative estimate of drug-likeness (QED) is 0.426. The molecule has 0 atom stereocenters. The summed E-state index contributed by atoms with van der Waals surface area (Å²) in [5, 5.41) is 0.324. The predicted molar refractivity (Wildman–Crippen MR) is 98.5 cm³/mol. The van der Waals surface area contributed by atoms with Crippen LogP contribution in [0.15, 0.2) is 54.1 Å². The Labute approximate surface area is 146 Å². The average molecular weight is 384 g/mol. The van der Waals surface area contributed by atoms with Crippen LogP contribution in [0.25, 0.3) is 10.8 Å².